The maximum Gasteiger partial charge on any atom is 0.104 e. The van der Waals surface area contributed by atoms with Gasteiger partial charge in [-0.1, -0.05) is 12.6 Å². The molecule has 2 unspecified atom stereocenters. The van der Waals surface area contributed by atoms with Gasteiger partial charge in [-0.15, -0.1) is 0 Å². The summed E-state index contributed by atoms with van der Waals surface area (Å²) >= 11 is 0. The van der Waals surface area contributed by atoms with Crippen molar-refractivity contribution in [1.29, 1.82) is 0 Å². The van der Waals surface area contributed by atoms with E-state index >= 15 is 0 Å². The van der Waals surface area contributed by atoms with Gasteiger partial charge < -0.3 is 9.47 Å². The number of ether oxygens (including phenoxy) is 2. The Bertz CT molecular complexity index is 101. The van der Waals surface area contributed by atoms with Crippen LogP contribution >= 0.6 is 0 Å². The van der Waals surface area contributed by atoms with Crippen LogP contribution in [-0.2, 0) is 9.47 Å². The second-order valence-corrected chi connectivity index (χ2v) is 12.8. The van der Waals surface area contributed by atoms with E-state index in [1.165, 1.54) is 22.2 Å². The zero-order chi connectivity index (χ0) is 8.10. The first kappa shape index (κ1) is 9.44. The minimum Gasteiger partial charge on any atom is -0.379 e. The summed E-state index contributed by atoms with van der Waals surface area (Å²) in [6.45, 7) is 5.15. The lowest BCUT2D eigenvalue weighted by Crippen LogP contribution is -2.09. The molecule has 0 aromatic heterocycles. The molecule has 0 amide bonds. The predicted molar refractivity (Wildman–Crippen MR) is 52.9 cm³/mol. The molecule has 0 aliphatic carbocycles. The lowest BCUT2D eigenvalue weighted by atomic mass is 10.5. The summed E-state index contributed by atoms with van der Waals surface area (Å²) in [7, 11) is 1.26. The Hall–Kier alpha value is 0.354. The quantitative estimate of drug-likeness (QED) is 0.320. The zero-order valence-corrected chi connectivity index (χ0v) is 10.7. The normalized spacial score (nSPS) is 25.4. The van der Waals surface area contributed by atoms with Crippen LogP contribution in [0.15, 0.2) is 0 Å². The number of hydrogen-bond acceptors (Lipinski definition) is 2. The molecule has 1 aliphatic heterocycles. The molecule has 1 heterocycles. The highest BCUT2D eigenvalue weighted by molar-refractivity contribution is 7.02. The van der Waals surface area contributed by atoms with E-state index < -0.39 is 0 Å². The zero-order valence-electron chi connectivity index (χ0n) is 7.51. The summed E-state index contributed by atoms with van der Waals surface area (Å²) in [4.78, 5) is 0. The fourth-order valence-corrected chi connectivity index (χ4v) is 3.18. The molecular formula is C7H18O2Si2. The van der Waals surface area contributed by atoms with Crippen molar-refractivity contribution in [3.8, 4) is 0 Å². The standard InChI is InChI=1S/C7H18O2Si2/c1-11(10)4-2-3-8-5-7-6-9-7/h7,11H,2-6H2,1,10H3. The topological polar surface area (TPSA) is 21.8 Å². The number of hydrogen-bond donors (Lipinski definition) is 0. The monoisotopic (exact) mass is 190 g/mol. The van der Waals surface area contributed by atoms with Crippen molar-refractivity contribution < 1.29 is 9.47 Å². The maximum atomic E-state index is 5.42. The van der Waals surface area contributed by atoms with Gasteiger partial charge in [-0.25, -0.2) is 0 Å². The summed E-state index contributed by atoms with van der Waals surface area (Å²) in [5.74, 6) is 0. The highest BCUT2D eigenvalue weighted by Gasteiger charge is 2.21. The Morgan fingerprint density at radius 1 is 1.73 bits per heavy atom. The summed E-state index contributed by atoms with van der Waals surface area (Å²) in [6.07, 6.45) is 1.73. The molecule has 2 atom stereocenters. The highest BCUT2D eigenvalue weighted by atomic mass is 29.1. The third kappa shape index (κ3) is 5.61. The van der Waals surface area contributed by atoms with Crippen molar-refractivity contribution in [2.45, 2.75) is 25.1 Å². The number of epoxide rings is 1. The van der Waals surface area contributed by atoms with Gasteiger partial charge in [0.05, 0.1) is 13.2 Å². The first-order valence-corrected chi connectivity index (χ1v) is 11.1. The largest absolute Gasteiger partial charge is 0.379 e. The molecule has 4 heteroatoms. The smallest absolute Gasteiger partial charge is 0.104 e. The average molecular weight is 190 g/mol. The van der Waals surface area contributed by atoms with Crippen molar-refractivity contribution in [1.82, 2.24) is 0 Å². The molecule has 2 nitrogen and oxygen atoms in total. The van der Waals surface area contributed by atoms with Crippen LogP contribution < -0.4 is 0 Å². The van der Waals surface area contributed by atoms with Gasteiger partial charge in [-0.05, 0) is 16.2 Å². The Morgan fingerprint density at radius 3 is 3.00 bits per heavy atom. The van der Waals surface area contributed by atoms with Gasteiger partial charge in [0, 0.05) is 14.9 Å². The Morgan fingerprint density at radius 2 is 2.45 bits per heavy atom. The van der Waals surface area contributed by atoms with Crippen molar-refractivity contribution in [2.75, 3.05) is 19.8 Å². The minimum atomic E-state index is -0.194. The van der Waals surface area contributed by atoms with E-state index in [1.807, 2.05) is 0 Å². The summed E-state index contributed by atoms with van der Waals surface area (Å²) in [6, 6.07) is 1.47. The van der Waals surface area contributed by atoms with Gasteiger partial charge >= 0.3 is 0 Å². The van der Waals surface area contributed by atoms with Crippen LogP contribution in [0, 0.1) is 0 Å². The van der Waals surface area contributed by atoms with Crippen LogP contribution in [-0.4, -0.2) is 44.0 Å². The molecule has 1 fully saturated rings. The van der Waals surface area contributed by atoms with E-state index in [1.54, 1.807) is 0 Å². The molecule has 0 aromatic rings. The summed E-state index contributed by atoms with van der Waals surface area (Å²) in [5.41, 5.74) is 0. The molecule has 66 valence electrons. The van der Waals surface area contributed by atoms with Crippen molar-refractivity contribution in [2.24, 2.45) is 0 Å². The molecule has 1 rings (SSSR count). The molecule has 1 saturated heterocycles. The third-order valence-corrected chi connectivity index (χ3v) is 5.07. The molecule has 0 radical (unpaired) electrons. The molecule has 0 N–H and O–H groups in total. The molecule has 0 spiro atoms. The first-order chi connectivity index (χ1) is 5.29. The van der Waals surface area contributed by atoms with E-state index in [4.69, 9.17) is 9.47 Å². The van der Waals surface area contributed by atoms with E-state index in [0.29, 0.717) is 6.10 Å². The molecule has 11 heavy (non-hydrogen) atoms. The Balaban J connectivity index is 1.73. The van der Waals surface area contributed by atoms with Gasteiger partial charge in [0.1, 0.15) is 6.10 Å². The van der Waals surface area contributed by atoms with Gasteiger partial charge in [-0.2, -0.15) is 0 Å². The van der Waals surface area contributed by atoms with Crippen molar-refractivity contribution >= 4 is 18.1 Å². The van der Waals surface area contributed by atoms with E-state index in [-0.39, 0.29) is 8.31 Å². The SMILES string of the molecule is C[SiH]([SiH3])CCCOCC1CO1. The van der Waals surface area contributed by atoms with Gasteiger partial charge in [-0.3, -0.25) is 0 Å². The van der Waals surface area contributed by atoms with Crippen LogP contribution in [0.5, 0.6) is 0 Å². The summed E-state index contributed by atoms with van der Waals surface area (Å²) in [5, 5.41) is 0. The second kappa shape index (κ2) is 5.08. The van der Waals surface area contributed by atoms with E-state index in [0.717, 1.165) is 19.8 Å². The highest BCUT2D eigenvalue weighted by Crippen LogP contribution is 2.08. The second-order valence-electron chi connectivity index (χ2n) is 3.57. The van der Waals surface area contributed by atoms with Crippen LogP contribution in [0.2, 0.25) is 12.6 Å². The van der Waals surface area contributed by atoms with Crippen LogP contribution in [0.25, 0.3) is 0 Å². The van der Waals surface area contributed by atoms with Crippen LogP contribution in [0.4, 0.5) is 0 Å². The lowest BCUT2D eigenvalue weighted by molar-refractivity contribution is 0.117. The molecule has 0 saturated carbocycles. The van der Waals surface area contributed by atoms with Crippen LogP contribution in [0.1, 0.15) is 6.42 Å². The predicted octanol–water partition coefficient (Wildman–Crippen LogP) is -0.489. The fourth-order valence-electron chi connectivity index (χ4n) is 0.973. The van der Waals surface area contributed by atoms with E-state index in [9.17, 15) is 0 Å². The average Bonchev–Trinajstić information content (AvgIpc) is 2.70. The number of rotatable bonds is 6. The minimum absolute atomic E-state index is 0.194. The van der Waals surface area contributed by atoms with Crippen LogP contribution in [0.3, 0.4) is 0 Å². The van der Waals surface area contributed by atoms with Crippen molar-refractivity contribution in [3.05, 3.63) is 0 Å². The first-order valence-electron chi connectivity index (χ1n) is 4.48. The Labute approximate surface area is 73.1 Å². The molecular weight excluding hydrogens is 172 g/mol. The van der Waals surface area contributed by atoms with Gasteiger partial charge in [0.2, 0.25) is 0 Å². The third-order valence-electron chi connectivity index (χ3n) is 1.78. The van der Waals surface area contributed by atoms with Crippen molar-refractivity contribution in [3.63, 3.8) is 0 Å². The maximum absolute atomic E-state index is 5.42. The summed E-state index contributed by atoms with van der Waals surface area (Å²) < 4.78 is 10.4. The lowest BCUT2D eigenvalue weighted by Gasteiger charge is -2.03. The molecule has 0 aromatic carbocycles. The fraction of sp³-hybridized carbons (Fsp3) is 1.00. The van der Waals surface area contributed by atoms with Gasteiger partial charge in [0.15, 0.2) is 0 Å². The Kier molecular flexibility index (Phi) is 4.36. The van der Waals surface area contributed by atoms with Gasteiger partial charge in [0.25, 0.3) is 0 Å². The molecule has 1 aliphatic rings. The van der Waals surface area contributed by atoms with E-state index in [2.05, 4.69) is 6.55 Å². The molecule has 0 bridgehead atoms.